The number of carbonyl (C=O) groups is 2. The molecule has 0 aliphatic heterocycles. The number of carbonyl (C=O) groups excluding carboxylic acids is 2. The first-order valence-corrected chi connectivity index (χ1v) is 6.80. The minimum atomic E-state index is -1.01. The molecule has 1 saturated carbocycles. The van der Waals surface area contributed by atoms with Gasteiger partial charge in [0.2, 0.25) is 0 Å². The molecule has 0 spiro atoms. The standard InChI is InChI=1S/C14H13ClN2O4/c1-16-14(13-11(18)3-2-4-12(13)19)9-6-5-8(15)7-10(9)17(20)21/h5-7,13H,2-4H2,1H3. The molecule has 0 N–H and O–H groups in total. The van der Waals surface area contributed by atoms with Crippen molar-refractivity contribution in [2.75, 3.05) is 7.05 Å². The number of hydrogen-bond donors (Lipinski definition) is 0. The van der Waals surface area contributed by atoms with Crippen LogP contribution in [-0.2, 0) is 9.59 Å². The maximum Gasteiger partial charge on any atom is 0.279 e. The van der Waals surface area contributed by atoms with Crippen LogP contribution in [0.1, 0.15) is 24.8 Å². The molecular formula is C14H13ClN2O4. The van der Waals surface area contributed by atoms with Crippen molar-refractivity contribution in [3.05, 3.63) is 38.9 Å². The molecule has 1 fully saturated rings. The molecule has 0 amide bonds. The van der Waals surface area contributed by atoms with Gasteiger partial charge in [0, 0.05) is 31.0 Å². The monoisotopic (exact) mass is 308 g/mol. The maximum atomic E-state index is 12.0. The van der Waals surface area contributed by atoms with Gasteiger partial charge in [-0.1, -0.05) is 11.6 Å². The Morgan fingerprint density at radius 2 is 1.95 bits per heavy atom. The fourth-order valence-corrected chi connectivity index (χ4v) is 2.65. The minimum absolute atomic E-state index is 0.146. The molecule has 1 aromatic carbocycles. The fraction of sp³-hybridized carbons (Fsp3) is 0.357. The number of benzene rings is 1. The molecule has 1 aromatic rings. The number of nitro groups is 1. The van der Waals surface area contributed by atoms with Gasteiger partial charge in [-0.2, -0.15) is 0 Å². The van der Waals surface area contributed by atoms with E-state index in [1.807, 2.05) is 0 Å². The summed E-state index contributed by atoms with van der Waals surface area (Å²) in [6.07, 6.45) is 1.10. The Labute approximate surface area is 126 Å². The second-order valence-corrected chi connectivity index (χ2v) is 5.18. The number of nitrogens with zero attached hydrogens (tertiary/aromatic N) is 2. The van der Waals surface area contributed by atoms with Crippen LogP contribution in [0.25, 0.3) is 0 Å². The van der Waals surface area contributed by atoms with Crippen molar-refractivity contribution in [3.63, 3.8) is 0 Å². The molecule has 21 heavy (non-hydrogen) atoms. The smallest absolute Gasteiger partial charge is 0.279 e. The van der Waals surface area contributed by atoms with Crippen LogP contribution < -0.4 is 0 Å². The first kappa shape index (κ1) is 15.3. The highest BCUT2D eigenvalue weighted by atomic mass is 35.5. The van der Waals surface area contributed by atoms with Crippen molar-refractivity contribution < 1.29 is 14.5 Å². The van der Waals surface area contributed by atoms with Crippen LogP contribution in [0.2, 0.25) is 5.02 Å². The molecule has 110 valence electrons. The number of Topliss-reactive ketones (excluding diaryl/α,β-unsaturated/α-hetero) is 2. The molecule has 0 radical (unpaired) electrons. The van der Waals surface area contributed by atoms with Gasteiger partial charge < -0.3 is 0 Å². The van der Waals surface area contributed by atoms with Crippen LogP contribution in [0.15, 0.2) is 23.2 Å². The minimum Gasteiger partial charge on any atom is -0.298 e. The normalized spacial score (nSPS) is 17.1. The molecule has 6 nitrogen and oxygen atoms in total. The number of hydrogen-bond acceptors (Lipinski definition) is 5. The zero-order valence-corrected chi connectivity index (χ0v) is 12.1. The molecule has 1 aliphatic rings. The highest BCUT2D eigenvalue weighted by Gasteiger charge is 2.36. The number of halogens is 1. The average Bonchev–Trinajstić information content (AvgIpc) is 2.43. The van der Waals surface area contributed by atoms with Gasteiger partial charge in [0.25, 0.3) is 5.69 Å². The van der Waals surface area contributed by atoms with E-state index in [9.17, 15) is 19.7 Å². The second kappa shape index (κ2) is 6.13. The van der Waals surface area contributed by atoms with Gasteiger partial charge >= 0.3 is 0 Å². The van der Waals surface area contributed by atoms with Crippen LogP contribution in [0, 0.1) is 16.0 Å². The molecule has 0 aromatic heterocycles. The Balaban J connectivity index is 2.55. The number of rotatable bonds is 3. The van der Waals surface area contributed by atoms with E-state index in [1.54, 1.807) is 0 Å². The molecular weight excluding hydrogens is 296 g/mol. The van der Waals surface area contributed by atoms with E-state index in [-0.39, 0.29) is 46.4 Å². The fourth-order valence-electron chi connectivity index (χ4n) is 2.49. The Kier molecular flexibility index (Phi) is 4.47. The summed E-state index contributed by atoms with van der Waals surface area (Å²) in [5, 5.41) is 11.4. The third-order valence-electron chi connectivity index (χ3n) is 3.44. The molecule has 0 heterocycles. The van der Waals surface area contributed by atoms with E-state index in [2.05, 4.69) is 4.99 Å². The molecule has 1 aliphatic carbocycles. The predicted octanol–water partition coefficient (Wildman–Crippen LogP) is 2.61. The van der Waals surface area contributed by atoms with Gasteiger partial charge in [0.15, 0.2) is 0 Å². The van der Waals surface area contributed by atoms with E-state index in [4.69, 9.17) is 11.6 Å². The first-order chi connectivity index (χ1) is 9.95. The summed E-state index contributed by atoms with van der Waals surface area (Å²) in [6.45, 7) is 0. The summed E-state index contributed by atoms with van der Waals surface area (Å²) >= 11 is 5.77. The largest absolute Gasteiger partial charge is 0.298 e. The molecule has 0 atom stereocenters. The lowest BCUT2D eigenvalue weighted by Gasteiger charge is -2.21. The summed E-state index contributed by atoms with van der Waals surface area (Å²) in [5.74, 6) is -1.49. The van der Waals surface area contributed by atoms with Crippen LogP contribution in [0.3, 0.4) is 0 Å². The third kappa shape index (κ3) is 3.00. The third-order valence-corrected chi connectivity index (χ3v) is 3.67. The number of ketones is 2. The van der Waals surface area contributed by atoms with Gasteiger partial charge in [-0.25, -0.2) is 0 Å². The van der Waals surface area contributed by atoms with Crippen molar-refractivity contribution in [3.8, 4) is 0 Å². The van der Waals surface area contributed by atoms with E-state index < -0.39 is 10.8 Å². The zero-order chi connectivity index (χ0) is 15.6. The van der Waals surface area contributed by atoms with Crippen molar-refractivity contribution in [2.24, 2.45) is 10.9 Å². The van der Waals surface area contributed by atoms with Gasteiger partial charge in [-0.15, -0.1) is 0 Å². The maximum absolute atomic E-state index is 12.0. The lowest BCUT2D eigenvalue weighted by Crippen LogP contribution is -2.36. The summed E-state index contributed by atoms with van der Waals surface area (Å²) in [6, 6.07) is 4.10. The van der Waals surface area contributed by atoms with Gasteiger partial charge in [-0.05, 0) is 18.6 Å². The van der Waals surface area contributed by atoms with Crippen molar-refractivity contribution >= 4 is 34.6 Å². The Bertz CT molecular complexity index is 638. The highest BCUT2D eigenvalue weighted by molar-refractivity contribution is 6.32. The molecule has 2 rings (SSSR count). The molecule has 0 bridgehead atoms. The van der Waals surface area contributed by atoms with Gasteiger partial charge in [0.05, 0.1) is 16.2 Å². The second-order valence-electron chi connectivity index (χ2n) is 4.75. The van der Waals surface area contributed by atoms with Crippen LogP contribution in [-0.4, -0.2) is 29.2 Å². The first-order valence-electron chi connectivity index (χ1n) is 6.42. The lowest BCUT2D eigenvalue weighted by molar-refractivity contribution is -0.385. The predicted molar refractivity (Wildman–Crippen MR) is 77.9 cm³/mol. The highest BCUT2D eigenvalue weighted by Crippen LogP contribution is 2.29. The summed E-state index contributed by atoms with van der Waals surface area (Å²) in [4.78, 5) is 38.6. The Hall–Kier alpha value is -2.08. The summed E-state index contributed by atoms with van der Waals surface area (Å²) in [5.41, 5.74) is 0.0582. The van der Waals surface area contributed by atoms with Crippen LogP contribution >= 0.6 is 11.6 Å². The number of nitro benzene ring substituents is 1. The van der Waals surface area contributed by atoms with Crippen molar-refractivity contribution in [1.82, 2.24) is 0 Å². The Morgan fingerprint density at radius 3 is 2.48 bits per heavy atom. The van der Waals surface area contributed by atoms with E-state index in [0.717, 1.165) is 0 Å². The van der Waals surface area contributed by atoms with E-state index >= 15 is 0 Å². The van der Waals surface area contributed by atoms with Crippen LogP contribution in [0.4, 0.5) is 5.69 Å². The van der Waals surface area contributed by atoms with Crippen molar-refractivity contribution in [2.45, 2.75) is 19.3 Å². The number of aliphatic imine (C=N–C) groups is 1. The van der Waals surface area contributed by atoms with Gasteiger partial charge in [-0.3, -0.25) is 24.7 Å². The van der Waals surface area contributed by atoms with Gasteiger partial charge in [0.1, 0.15) is 17.5 Å². The van der Waals surface area contributed by atoms with E-state index in [0.29, 0.717) is 6.42 Å². The Morgan fingerprint density at radius 1 is 1.33 bits per heavy atom. The zero-order valence-electron chi connectivity index (χ0n) is 11.3. The van der Waals surface area contributed by atoms with E-state index in [1.165, 1.54) is 25.2 Å². The average molecular weight is 309 g/mol. The quantitative estimate of drug-likeness (QED) is 0.371. The lowest BCUT2D eigenvalue weighted by atomic mass is 9.80. The summed E-state index contributed by atoms with van der Waals surface area (Å²) < 4.78 is 0. The summed E-state index contributed by atoms with van der Waals surface area (Å²) in [7, 11) is 1.42. The topological polar surface area (TPSA) is 89.6 Å². The SMILES string of the molecule is CN=C(c1ccc(Cl)cc1[N+](=O)[O-])C1C(=O)CCCC1=O. The molecule has 0 unspecified atom stereocenters. The molecule has 0 saturated heterocycles. The van der Waals surface area contributed by atoms with Crippen molar-refractivity contribution in [1.29, 1.82) is 0 Å². The van der Waals surface area contributed by atoms with Crippen LogP contribution in [0.5, 0.6) is 0 Å². The molecule has 7 heteroatoms.